The Labute approximate surface area is 148 Å². The van der Waals surface area contributed by atoms with Gasteiger partial charge in [-0.2, -0.15) is 10.1 Å². The van der Waals surface area contributed by atoms with Crippen LogP contribution in [0.2, 0.25) is 5.02 Å². The molecule has 0 unspecified atom stereocenters. The number of rotatable bonds is 4. The van der Waals surface area contributed by atoms with E-state index < -0.39 is 0 Å². The van der Waals surface area contributed by atoms with Gasteiger partial charge in [-0.3, -0.25) is 5.10 Å². The molecule has 0 fully saturated rings. The fourth-order valence-electron chi connectivity index (χ4n) is 2.49. The average molecular weight is 352 g/mol. The lowest BCUT2D eigenvalue weighted by Crippen LogP contribution is -2.02. The van der Waals surface area contributed by atoms with Crippen molar-refractivity contribution < 1.29 is 4.74 Å². The van der Waals surface area contributed by atoms with E-state index in [1.807, 2.05) is 43.3 Å². The Hall–Kier alpha value is -2.99. The Morgan fingerprint density at radius 2 is 1.80 bits per heavy atom. The number of nitrogens with zero attached hydrogens (tertiary/aromatic N) is 4. The lowest BCUT2D eigenvalue weighted by Gasteiger charge is -2.07. The zero-order chi connectivity index (χ0) is 17.2. The number of benzene rings is 2. The second-order valence-electron chi connectivity index (χ2n) is 5.49. The van der Waals surface area contributed by atoms with Gasteiger partial charge in [0, 0.05) is 10.6 Å². The largest absolute Gasteiger partial charge is 0.469 e. The summed E-state index contributed by atoms with van der Waals surface area (Å²) < 4.78 is 5.85. The summed E-state index contributed by atoms with van der Waals surface area (Å²) in [6.07, 6.45) is 0. The van der Waals surface area contributed by atoms with Crippen molar-refractivity contribution in [1.82, 2.24) is 25.1 Å². The molecule has 6 nitrogen and oxygen atoms in total. The van der Waals surface area contributed by atoms with Crippen molar-refractivity contribution in [3.8, 4) is 17.3 Å². The molecule has 0 aliphatic rings. The first-order chi connectivity index (χ1) is 12.2. The molecule has 0 spiro atoms. The topological polar surface area (TPSA) is 76.6 Å². The highest BCUT2D eigenvalue weighted by molar-refractivity contribution is 6.30. The number of aromatic amines is 1. The van der Waals surface area contributed by atoms with Gasteiger partial charge in [0.1, 0.15) is 12.4 Å². The number of nitrogens with one attached hydrogen (secondary N) is 1. The van der Waals surface area contributed by atoms with Gasteiger partial charge in [-0.25, -0.2) is 9.97 Å². The first kappa shape index (κ1) is 15.5. The number of hydrogen-bond donors (Lipinski definition) is 1. The monoisotopic (exact) mass is 351 g/mol. The summed E-state index contributed by atoms with van der Waals surface area (Å²) in [5, 5.41) is 8.65. The first-order valence-electron chi connectivity index (χ1n) is 7.72. The molecule has 0 saturated carbocycles. The van der Waals surface area contributed by atoms with Crippen LogP contribution in [-0.4, -0.2) is 25.1 Å². The number of fused-ring (bicyclic) bond motifs is 1. The fourth-order valence-corrected chi connectivity index (χ4v) is 2.62. The molecule has 7 heteroatoms. The highest BCUT2D eigenvalue weighted by Crippen LogP contribution is 2.23. The standard InChI is InChI=1S/C18H14ClN5O/c1-11-20-15-5-3-2-4-14(15)18(21-11)25-10-16-22-17(24-23-16)12-6-8-13(19)9-7-12/h2-9H,10H2,1H3,(H,22,23,24). The van der Waals surface area contributed by atoms with Crippen molar-refractivity contribution in [3.63, 3.8) is 0 Å². The molecule has 0 atom stereocenters. The first-order valence-corrected chi connectivity index (χ1v) is 8.10. The summed E-state index contributed by atoms with van der Waals surface area (Å²) in [6.45, 7) is 2.08. The molecule has 0 saturated heterocycles. The normalized spacial score (nSPS) is 11.0. The number of hydrogen-bond acceptors (Lipinski definition) is 5. The summed E-state index contributed by atoms with van der Waals surface area (Å²) in [5.74, 6) is 2.41. The van der Waals surface area contributed by atoms with Crippen molar-refractivity contribution >= 4 is 22.5 Å². The average Bonchev–Trinajstić information content (AvgIpc) is 3.09. The summed E-state index contributed by atoms with van der Waals surface area (Å²) in [6, 6.07) is 15.1. The molecule has 124 valence electrons. The van der Waals surface area contributed by atoms with Crippen LogP contribution in [0.5, 0.6) is 5.88 Å². The Balaban J connectivity index is 1.55. The van der Waals surface area contributed by atoms with Crippen LogP contribution in [0.25, 0.3) is 22.3 Å². The van der Waals surface area contributed by atoms with Crippen LogP contribution in [0.4, 0.5) is 0 Å². The van der Waals surface area contributed by atoms with Crippen LogP contribution >= 0.6 is 11.6 Å². The van der Waals surface area contributed by atoms with Crippen molar-refractivity contribution in [1.29, 1.82) is 0 Å². The Bertz CT molecular complexity index is 1030. The fraction of sp³-hybridized carbons (Fsp3) is 0.111. The van der Waals surface area contributed by atoms with E-state index in [0.717, 1.165) is 16.5 Å². The van der Waals surface area contributed by atoms with Gasteiger partial charge < -0.3 is 4.74 Å². The smallest absolute Gasteiger partial charge is 0.225 e. The summed E-state index contributed by atoms with van der Waals surface area (Å²) in [4.78, 5) is 13.2. The molecule has 2 aromatic heterocycles. The number of aromatic nitrogens is 5. The minimum Gasteiger partial charge on any atom is -0.469 e. The van der Waals surface area contributed by atoms with Gasteiger partial charge in [-0.15, -0.1) is 0 Å². The lowest BCUT2D eigenvalue weighted by atomic mass is 10.2. The third-order valence-electron chi connectivity index (χ3n) is 3.66. The highest BCUT2D eigenvalue weighted by Gasteiger charge is 2.10. The van der Waals surface area contributed by atoms with E-state index in [4.69, 9.17) is 16.3 Å². The summed E-state index contributed by atoms with van der Waals surface area (Å²) in [7, 11) is 0. The van der Waals surface area contributed by atoms with E-state index in [1.54, 1.807) is 12.1 Å². The quantitative estimate of drug-likeness (QED) is 0.602. The number of aryl methyl sites for hydroxylation is 1. The highest BCUT2D eigenvalue weighted by atomic mass is 35.5. The van der Waals surface area contributed by atoms with Crippen molar-refractivity contribution in [2.24, 2.45) is 0 Å². The minimum atomic E-state index is 0.237. The zero-order valence-corrected chi connectivity index (χ0v) is 14.2. The molecular formula is C18H14ClN5O. The maximum Gasteiger partial charge on any atom is 0.225 e. The second kappa shape index (κ2) is 6.49. The molecule has 1 N–H and O–H groups in total. The Morgan fingerprint density at radius 1 is 1.00 bits per heavy atom. The number of H-pyrrole nitrogens is 1. The molecule has 4 rings (SSSR count). The number of para-hydroxylation sites is 1. The molecule has 0 bridgehead atoms. The third kappa shape index (κ3) is 3.29. The van der Waals surface area contributed by atoms with E-state index in [1.165, 1.54) is 0 Å². The summed E-state index contributed by atoms with van der Waals surface area (Å²) >= 11 is 5.90. The van der Waals surface area contributed by atoms with E-state index in [2.05, 4.69) is 25.1 Å². The SMILES string of the molecule is Cc1nc(OCc2nc(-c3ccc(Cl)cc3)n[nH]2)c2ccccc2n1. The van der Waals surface area contributed by atoms with Crippen molar-refractivity contribution in [2.45, 2.75) is 13.5 Å². The van der Waals surface area contributed by atoms with E-state index in [0.29, 0.717) is 28.4 Å². The lowest BCUT2D eigenvalue weighted by molar-refractivity contribution is 0.287. The van der Waals surface area contributed by atoms with E-state index >= 15 is 0 Å². The molecule has 0 aliphatic carbocycles. The molecule has 0 aliphatic heterocycles. The van der Waals surface area contributed by atoms with Crippen LogP contribution in [0.1, 0.15) is 11.6 Å². The van der Waals surface area contributed by atoms with Gasteiger partial charge in [0.2, 0.25) is 5.88 Å². The van der Waals surface area contributed by atoms with Crippen molar-refractivity contribution in [3.05, 3.63) is 65.2 Å². The van der Waals surface area contributed by atoms with E-state index in [9.17, 15) is 0 Å². The van der Waals surface area contributed by atoms with Gasteiger partial charge >= 0.3 is 0 Å². The molecular weight excluding hydrogens is 338 g/mol. The Kier molecular flexibility index (Phi) is 4.03. The number of halogens is 1. The molecule has 0 amide bonds. The second-order valence-corrected chi connectivity index (χ2v) is 5.93. The Morgan fingerprint density at radius 3 is 2.64 bits per heavy atom. The van der Waals surface area contributed by atoms with Gasteiger partial charge in [-0.1, -0.05) is 23.7 Å². The maximum absolute atomic E-state index is 5.90. The van der Waals surface area contributed by atoms with Gasteiger partial charge in [0.25, 0.3) is 0 Å². The molecule has 0 radical (unpaired) electrons. The zero-order valence-electron chi connectivity index (χ0n) is 13.4. The van der Waals surface area contributed by atoms with Crippen LogP contribution in [0.15, 0.2) is 48.5 Å². The predicted octanol–water partition coefficient (Wildman–Crippen LogP) is 3.96. The summed E-state index contributed by atoms with van der Waals surface area (Å²) in [5.41, 5.74) is 1.74. The molecule has 25 heavy (non-hydrogen) atoms. The molecule has 4 aromatic rings. The van der Waals surface area contributed by atoms with Gasteiger partial charge in [0.05, 0.1) is 10.9 Å². The predicted molar refractivity (Wildman–Crippen MR) is 95.4 cm³/mol. The minimum absolute atomic E-state index is 0.237. The van der Waals surface area contributed by atoms with Gasteiger partial charge in [-0.05, 0) is 43.3 Å². The van der Waals surface area contributed by atoms with Crippen molar-refractivity contribution in [2.75, 3.05) is 0 Å². The third-order valence-corrected chi connectivity index (χ3v) is 3.91. The maximum atomic E-state index is 5.90. The van der Waals surface area contributed by atoms with Gasteiger partial charge in [0.15, 0.2) is 11.6 Å². The van der Waals surface area contributed by atoms with Crippen LogP contribution in [0.3, 0.4) is 0 Å². The van der Waals surface area contributed by atoms with Crippen LogP contribution < -0.4 is 4.74 Å². The number of ether oxygens (including phenoxy) is 1. The van der Waals surface area contributed by atoms with Crippen LogP contribution in [-0.2, 0) is 6.61 Å². The molecule has 2 heterocycles. The van der Waals surface area contributed by atoms with E-state index in [-0.39, 0.29) is 6.61 Å². The van der Waals surface area contributed by atoms with Crippen LogP contribution in [0, 0.1) is 6.92 Å². The molecule has 2 aromatic carbocycles.